The molecular weight excluding hydrogens is 414 g/mol. The average Bonchev–Trinajstić information content (AvgIpc) is 3.38. The number of rotatable bonds is 9. The Morgan fingerprint density at radius 1 is 0.758 bits per heavy atom. The maximum Gasteiger partial charge on any atom is 0.251 e. The Balaban J connectivity index is 1.50. The molecule has 0 spiro atoms. The molecule has 0 saturated heterocycles. The summed E-state index contributed by atoms with van der Waals surface area (Å²) in [6, 6.07) is 27.5. The standard InChI is InChI=1S/C26H25N5O2/c32-25(29-24(17-31-19-27-18-28-31)21-12-6-2-7-13-21)16-23(20-10-4-1-5-11-20)30-26(33)22-14-8-3-9-15-22/h1-15,18-19,23-24H,16-17H2,(H,29,32)(H,30,33). The van der Waals surface area contributed by atoms with Gasteiger partial charge in [-0.15, -0.1) is 0 Å². The van der Waals surface area contributed by atoms with Crippen LogP contribution in [0, 0.1) is 0 Å². The zero-order valence-electron chi connectivity index (χ0n) is 18.0. The second-order valence-electron chi connectivity index (χ2n) is 7.66. The van der Waals surface area contributed by atoms with Gasteiger partial charge in [0.25, 0.3) is 5.91 Å². The molecule has 7 nitrogen and oxygen atoms in total. The van der Waals surface area contributed by atoms with Gasteiger partial charge in [-0.05, 0) is 23.3 Å². The molecule has 2 unspecified atom stereocenters. The van der Waals surface area contributed by atoms with E-state index >= 15 is 0 Å². The van der Waals surface area contributed by atoms with E-state index in [0.717, 1.165) is 11.1 Å². The average molecular weight is 440 g/mol. The predicted molar refractivity (Wildman–Crippen MR) is 125 cm³/mol. The number of carbonyl (C=O) groups is 2. The van der Waals surface area contributed by atoms with Crippen LogP contribution in [0.4, 0.5) is 0 Å². The SMILES string of the molecule is O=C(CC(NC(=O)c1ccccc1)c1ccccc1)NC(Cn1cncn1)c1ccccc1. The van der Waals surface area contributed by atoms with Crippen molar-refractivity contribution in [1.29, 1.82) is 0 Å². The third kappa shape index (κ3) is 6.13. The molecular formula is C26H25N5O2. The summed E-state index contributed by atoms with van der Waals surface area (Å²) in [6.45, 7) is 0.447. The predicted octanol–water partition coefficient (Wildman–Crippen LogP) is 3.70. The van der Waals surface area contributed by atoms with Crippen molar-refractivity contribution in [3.63, 3.8) is 0 Å². The third-order valence-electron chi connectivity index (χ3n) is 5.31. The van der Waals surface area contributed by atoms with Crippen molar-refractivity contribution in [2.45, 2.75) is 25.0 Å². The summed E-state index contributed by atoms with van der Waals surface area (Å²) in [7, 11) is 0. The Labute approximate surface area is 192 Å². The lowest BCUT2D eigenvalue weighted by atomic mass is 10.0. The van der Waals surface area contributed by atoms with Gasteiger partial charge in [-0.3, -0.25) is 14.3 Å². The lowest BCUT2D eigenvalue weighted by Crippen LogP contribution is -2.36. The van der Waals surface area contributed by atoms with Gasteiger partial charge in [0.15, 0.2) is 0 Å². The molecule has 1 heterocycles. The maximum atomic E-state index is 13.1. The van der Waals surface area contributed by atoms with E-state index in [2.05, 4.69) is 20.7 Å². The normalized spacial score (nSPS) is 12.5. The molecule has 0 aliphatic carbocycles. The van der Waals surface area contributed by atoms with Crippen LogP contribution in [-0.4, -0.2) is 26.6 Å². The van der Waals surface area contributed by atoms with Gasteiger partial charge in [-0.25, -0.2) is 4.98 Å². The van der Waals surface area contributed by atoms with Gasteiger partial charge in [0.2, 0.25) is 5.91 Å². The van der Waals surface area contributed by atoms with Crippen LogP contribution >= 0.6 is 0 Å². The molecule has 2 atom stereocenters. The summed E-state index contributed by atoms with van der Waals surface area (Å²) >= 11 is 0. The fourth-order valence-electron chi connectivity index (χ4n) is 3.64. The fraction of sp³-hybridized carbons (Fsp3) is 0.154. The van der Waals surface area contributed by atoms with Crippen molar-refractivity contribution in [1.82, 2.24) is 25.4 Å². The molecule has 2 N–H and O–H groups in total. The minimum absolute atomic E-state index is 0.100. The van der Waals surface area contributed by atoms with E-state index in [4.69, 9.17) is 0 Å². The summed E-state index contributed by atoms with van der Waals surface area (Å²) in [6.07, 6.45) is 3.19. The number of hydrogen-bond acceptors (Lipinski definition) is 4. The highest BCUT2D eigenvalue weighted by atomic mass is 16.2. The minimum Gasteiger partial charge on any atom is -0.347 e. The van der Waals surface area contributed by atoms with E-state index in [-0.39, 0.29) is 24.3 Å². The highest BCUT2D eigenvalue weighted by Crippen LogP contribution is 2.20. The van der Waals surface area contributed by atoms with E-state index in [1.54, 1.807) is 23.1 Å². The van der Waals surface area contributed by atoms with Gasteiger partial charge in [0.05, 0.1) is 25.0 Å². The third-order valence-corrected chi connectivity index (χ3v) is 5.31. The summed E-state index contributed by atoms with van der Waals surface area (Å²) in [5, 5.41) is 10.3. The summed E-state index contributed by atoms with van der Waals surface area (Å²) in [4.78, 5) is 29.9. The Morgan fingerprint density at radius 3 is 1.91 bits per heavy atom. The molecule has 0 bridgehead atoms. The van der Waals surface area contributed by atoms with Gasteiger partial charge in [-0.2, -0.15) is 5.10 Å². The number of amides is 2. The van der Waals surface area contributed by atoms with Gasteiger partial charge < -0.3 is 10.6 Å². The van der Waals surface area contributed by atoms with E-state index in [1.807, 2.05) is 78.9 Å². The summed E-state index contributed by atoms with van der Waals surface area (Å²) in [5.41, 5.74) is 2.38. The zero-order valence-corrected chi connectivity index (χ0v) is 18.0. The molecule has 0 radical (unpaired) electrons. The quantitative estimate of drug-likeness (QED) is 0.416. The van der Waals surface area contributed by atoms with E-state index in [1.165, 1.54) is 6.33 Å². The van der Waals surface area contributed by atoms with Gasteiger partial charge in [-0.1, -0.05) is 78.9 Å². The smallest absolute Gasteiger partial charge is 0.251 e. The first kappa shape index (κ1) is 22.0. The van der Waals surface area contributed by atoms with Crippen LogP contribution in [0.3, 0.4) is 0 Å². The topological polar surface area (TPSA) is 88.9 Å². The molecule has 4 rings (SSSR count). The van der Waals surface area contributed by atoms with Crippen LogP contribution in [0.25, 0.3) is 0 Å². The molecule has 0 aliphatic heterocycles. The van der Waals surface area contributed by atoms with E-state index in [0.29, 0.717) is 12.1 Å². The first-order valence-electron chi connectivity index (χ1n) is 10.8. The lowest BCUT2D eigenvalue weighted by molar-refractivity contribution is -0.122. The van der Waals surface area contributed by atoms with Crippen molar-refractivity contribution < 1.29 is 9.59 Å². The van der Waals surface area contributed by atoms with Crippen molar-refractivity contribution in [2.24, 2.45) is 0 Å². The molecule has 0 saturated carbocycles. The Morgan fingerprint density at radius 2 is 1.33 bits per heavy atom. The Kier molecular flexibility index (Phi) is 7.22. The first-order chi connectivity index (χ1) is 16.2. The molecule has 166 valence electrons. The van der Waals surface area contributed by atoms with Crippen LogP contribution in [-0.2, 0) is 11.3 Å². The fourth-order valence-corrected chi connectivity index (χ4v) is 3.64. The molecule has 0 fully saturated rings. The highest BCUT2D eigenvalue weighted by molar-refractivity contribution is 5.94. The van der Waals surface area contributed by atoms with Crippen LogP contribution < -0.4 is 10.6 Å². The van der Waals surface area contributed by atoms with Crippen LogP contribution in [0.5, 0.6) is 0 Å². The molecule has 33 heavy (non-hydrogen) atoms. The van der Waals surface area contributed by atoms with Gasteiger partial charge in [0, 0.05) is 5.56 Å². The van der Waals surface area contributed by atoms with Crippen LogP contribution in [0.15, 0.2) is 104 Å². The number of nitrogens with zero attached hydrogens (tertiary/aromatic N) is 3. The number of hydrogen-bond donors (Lipinski definition) is 2. The molecule has 0 aliphatic rings. The minimum atomic E-state index is -0.471. The summed E-state index contributed by atoms with van der Waals surface area (Å²) < 4.78 is 1.68. The second kappa shape index (κ2) is 10.9. The monoisotopic (exact) mass is 439 g/mol. The van der Waals surface area contributed by atoms with Crippen LogP contribution in [0.2, 0.25) is 0 Å². The van der Waals surface area contributed by atoms with Gasteiger partial charge >= 0.3 is 0 Å². The van der Waals surface area contributed by atoms with Crippen molar-refractivity contribution in [2.75, 3.05) is 0 Å². The molecule has 3 aromatic carbocycles. The largest absolute Gasteiger partial charge is 0.347 e. The number of carbonyl (C=O) groups excluding carboxylic acids is 2. The molecule has 2 amide bonds. The van der Waals surface area contributed by atoms with E-state index < -0.39 is 6.04 Å². The molecule has 1 aromatic heterocycles. The Bertz CT molecular complexity index is 1150. The van der Waals surface area contributed by atoms with Crippen LogP contribution in [0.1, 0.15) is 40.0 Å². The van der Waals surface area contributed by atoms with Crippen molar-refractivity contribution in [3.05, 3.63) is 120 Å². The first-order valence-corrected chi connectivity index (χ1v) is 10.8. The van der Waals surface area contributed by atoms with Crippen molar-refractivity contribution >= 4 is 11.8 Å². The number of benzene rings is 3. The van der Waals surface area contributed by atoms with Crippen molar-refractivity contribution in [3.8, 4) is 0 Å². The second-order valence-corrected chi connectivity index (χ2v) is 7.66. The van der Waals surface area contributed by atoms with E-state index in [9.17, 15) is 9.59 Å². The lowest BCUT2D eigenvalue weighted by Gasteiger charge is -2.23. The Hall–Kier alpha value is -4.26. The number of aromatic nitrogens is 3. The molecule has 7 heteroatoms. The van der Waals surface area contributed by atoms with Gasteiger partial charge in [0.1, 0.15) is 12.7 Å². The summed E-state index contributed by atoms with van der Waals surface area (Å²) in [5.74, 6) is -0.398. The zero-order chi connectivity index (χ0) is 22.9. The number of nitrogens with one attached hydrogen (secondary N) is 2. The highest BCUT2D eigenvalue weighted by Gasteiger charge is 2.22. The molecule has 4 aromatic rings. The maximum absolute atomic E-state index is 13.1.